The molecule has 3 aromatic carbocycles. The highest BCUT2D eigenvalue weighted by atomic mass is 16.5. The van der Waals surface area contributed by atoms with Gasteiger partial charge >= 0.3 is 0 Å². The maximum atomic E-state index is 13.1. The third-order valence-corrected chi connectivity index (χ3v) is 6.38. The summed E-state index contributed by atoms with van der Waals surface area (Å²) in [5, 5.41) is 7.32. The number of ketones is 1. The van der Waals surface area contributed by atoms with Crippen LogP contribution in [0.25, 0.3) is 0 Å². The van der Waals surface area contributed by atoms with Crippen molar-refractivity contribution in [1.29, 1.82) is 0 Å². The highest BCUT2D eigenvalue weighted by Crippen LogP contribution is 2.23. The molecule has 0 aliphatic heterocycles. The number of aromatic nitrogens is 2. The van der Waals surface area contributed by atoms with E-state index in [1.165, 1.54) is 0 Å². The molecule has 0 saturated heterocycles. The van der Waals surface area contributed by atoms with E-state index in [9.17, 15) is 9.59 Å². The van der Waals surface area contributed by atoms with Crippen LogP contribution in [-0.2, 0) is 13.0 Å². The molecule has 184 valence electrons. The summed E-state index contributed by atoms with van der Waals surface area (Å²) in [6.07, 6.45) is 0.159. The summed E-state index contributed by atoms with van der Waals surface area (Å²) in [6.45, 7) is 6.44. The van der Waals surface area contributed by atoms with E-state index in [1.807, 2.05) is 98.2 Å². The average Bonchev–Trinajstić information content (AvgIpc) is 3.16. The number of amides is 1. The fourth-order valence-corrected chi connectivity index (χ4v) is 4.25. The van der Waals surface area contributed by atoms with Crippen molar-refractivity contribution < 1.29 is 14.3 Å². The zero-order chi connectivity index (χ0) is 25.7. The van der Waals surface area contributed by atoms with Crippen molar-refractivity contribution >= 4 is 11.7 Å². The van der Waals surface area contributed by atoms with Crippen LogP contribution in [-0.4, -0.2) is 28.5 Å². The predicted octanol–water partition coefficient (Wildman–Crippen LogP) is 5.47. The summed E-state index contributed by atoms with van der Waals surface area (Å²) in [5.41, 5.74) is 5.98. The number of carbonyl (C=O) groups excluding carboxylic acids is 2. The van der Waals surface area contributed by atoms with E-state index in [0.29, 0.717) is 17.7 Å². The topological polar surface area (TPSA) is 73.2 Å². The molecular weight excluding hydrogens is 450 g/mol. The minimum absolute atomic E-state index is 0.0468. The van der Waals surface area contributed by atoms with Gasteiger partial charge in [-0.1, -0.05) is 54.6 Å². The van der Waals surface area contributed by atoms with Crippen LogP contribution < -0.4 is 10.1 Å². The fraction of sp³-hybridized carbons (Fsp3) is 0.233. The Morgan fingerprint density at radius 1 is 0.944 bits per heavy atom. The molecule has 0 fully saturated rings. The maximum absolute atomic E-state index is 13.1. The number of nitrogens with zero attached hydrogens (tertiary/aromatic N) is 2. The number of ether oxygens (including phenoxy) is 1. The van der Waals surface area contributed by atoms with Crippen LogP contribution in [0.2, 0.25) is 0 Å². The lowest BCUT2D eigenvalue weighted by molar-refractivity contribution is 0.0961. The van der Waals surface area contributed by atoms with Gasteiger partial charge in [-0.2, -0.15) is 5.10 Å². The molecular formula is C30H31N3O3. The Hall–Kier alpha value is -4.19. The van der Waals surface area contributed by atoms with Gasteiger partial charge in [0.25, 0.3) is 5.91 Å². The molecule has 1 heterocycles. The summed E-state index contributed by atoms with van der Waals surface area (Å²) >= 11 is 0. The Bertz CT molecular complexity index is 1360. The van der Waals surface area contributed by atoms with Crippen molar-refractivity contribution in [2.45, 2.75) is 39.8 Å². The molecule has 1 unspecified atom stereocenters. The van der Waals surface area contributed by atoms with Gasteiger partial charge in [0.05, 0.1) is 12.2 Å². The Morgan fingerprint density at radius 3 is 2.36 bits per heavy atom. The van der Waals surface area contributed by atoms with Crippen LogP contribution in [0.4, 0.5) is 0 Å². The smallest absolute Gasteiger partial charge is 0.251 e. The highest BCUT2D eigenvalue weighted by Gasteiger charge is 2.17. The third kappa shape index (κ3) is 5.71. The number of para-hydroxylation sites is 1. The van der Waals surface area contributed by atoms with Crippen molar-refractivity contribution in [3.8, 4) is 5.75 Å². The molecule has 4 aromatic rings. The largest absolute Gasteiger partial charge is 0.486 e. The minimum Gasteiger partial charge on any atom is -0.486 e. The summed E-state index contributed by atoms with van der Waals surface area (Å²) in [7, 11) is 1.62. The molecule has 1 amide bonds. The van der Waals surface area contributed by atoms with E-state index in [0.717, 1.165) is 33.8 Å². The van der Waals surface area contributed by atoms with E-state index in [-0.39, 0.29) is 24.2 Å². The fourth-order valence-electron chi connectivity index (χ4n) is 4.25. The molecule has 0 aliphatic rings. The average molecular weight is 482 g/mol. The molecule has 0 spiro atoms. The quantitative estimate of drug-likeness (QED) is 0.322. The first-order chi connectivity index (χ1) is 17.4. The first kappa shape index (κ1) is 24.9. The van der Waals surface area contributed by atoms with Gasteiger partial charge in [0.1, 0.15) is 11.9 Å². The molecule has 1 aromatic heterocycles. The molecule has 0 bridgehead atoms. The van der Waals surface area contributed by atoms with Gasteiger partial charge in [0.15, 0.2) is 5.78 Å². The predicted molar refractivity (Wildman–Crippen MR) is 141 cm³/mol. The van der Waals surface area contributed by atoms with Crippen LogP contribution in [0.3, 0.4) is 0 Å². The molecule has 4 rings (SSSR count). The summed E-state index contributed by atoms with van der Waals surface area (Å²) < 4.78 is 7.88. The molecule has 1 N–H and O–H groups in total. The van der Waals surface area contributed by atoms with Crippen LogP contribution in [0.5, 0.6) is 5.75 Å². The Balaban J connectivity index is 1.44. The molecule has 6 nitrogen and oxygen atoms in total. The molecule has 1 atom stereocenters. The third-order valence-electron chi connectivity index (χ3n) is 6.38. The number of Topliss-reactive ketones (excluding diaryl/α,β-unsaturated/α-hetero) is 1. The minimum atomic E-state index is -0.124. The van der Waals surface area contributed by atoms with E-state index in [2.05, 4.69) is 10.4 Å². The number of nitrogens with one attached hydrogen (secondary N) is 1. The number of aryl methyl sites for hydroxylation is 1. The number of carbonyl (C=O) groups is 2. The normalized spacial score (nSPS) is 11.7. The molecule has 6 heteroatoms. The van der Waals surface area contributed by atoms with Gasteiger partial charge in [-0.3, -0.25) is 14.3 Å². The lowest BCUT2D eigenvalue weighted by atomic mass is 9.99. The molecule has 36 heavy (non-hydrogen) atoms. The highest BCUT2D eigenvalue weighted by molar-refractivity contribution is 5.97. The Morgan fingerprint density at radius 2 is 1.67 bits per heavy atom. The molecule has 0 radical (unpaired) electrons. The van der Waals surface area contributed by atoms with Crippen molar-refractivity contribution in [2.24, 2.45) is 0 Å². The lowest BCUT2D eigenvalue weighted by Crippen LogP contribution is -2.18. The van der Waals surface area contributed by atoms with Crippen molar-refractivity contribution in [2.75, 3.05) is 7.05 Å². The van der Waals surface area contributed by atoms with Gasteiger partial charge in [-0.05, 0) is 56.2 Å². The molecule has 0 saturated carbocycles. The van der Waals surface area contributed by atoms with Gasteiger partial charge in [0, 0.05) is 35.9 Å². The lowest BCUT2D eigenvalue weighted by Gasteiger charge is -2.15. The second kappa shape index (κ2) is 11.0. The van der Waals surface area contributed by atoms with Crippen LogP contribution in [0, 0.1) is 13.8 Å². The Kier molecular flexibility index (Phi) is 7.64. The van der Waals surface area contributed by atoms with Gasteiger partial charge in [0.2, 0.25) is 0 Å². The van der Waals surface area contributed by atoms with E-state index in [1.54, 1.807) is 13.1 Å². The maximum Gasteiger partial charge on any atom is 0.251 e. The second-order valence-electron chi connectivity index (χ2n) is 8.88. The number of benzene rings is 3. The standard InChI is InChI=1S/C30H31N3O3/c1-20-28(21(2)33(32-20)19-23-9-8-10-26(17-23)30(35)31-4)18-29(34)25-15-13-24(14-16-25)22(3)36-27-11-6-5-7-12-27/h5-17,22H,18-19H2,1-4H3,(H,31,35). The van der Waals surface area contributed by atoms with Gasteiger partial charge in [-0.25, -0.2) is 0 Å². The van der Waals surface area contributed by atoms with Crippen molar-refractivity contribution in [1.82, 2.24) is 15.1 Å². The Labute approximate surface area is 211 Å². The van der Waals surface area contributed by atoms with Gasteiger partial charge < -0.3 is 10.1 Å². The monoisotopic (exact) mass is 481 g/mol. The van der Waals surface area contributed by atoms with Crippen molar-refractivity contribution in [3.63, 3.8) is 0 Å². The first-order valence-corrected chi connectivity index (χ1v) is 12.0. The SMILES string of the molecule is CNC(=O)c1cccc(Cn2nc(C)c(CC(=O)c3ccc(C(C)Oc4ccccc4)cc3)c2C)c1. The first-order valence-electron chi connectivity index (χ1n) is 12.0. The van der Waals surface area contributed by atoms with Crippen LogP contribution in [0.1, 0.15) is 61.8 Å². The zero-order valence-electron chi connectivity index (χ0n) is 21.1. The van der Waals surface area contributed by atoms with E-state index < -0.39 is 0 Å². The van der Waals surface area contributed by atoms with Crippen LogP contribution in [0.15, 0.2) is 78.9 Å². The van der Waals surface area contributed by atoms with E-state index >= 15 is 0 Å². The number of hydrogen-bond acceptors (Lipinski definition) is 4. The van der Waals surface area contributed by atoms with Crippen molar-refractivity contribution in [3.05, 3.63) is 118 Å². The number of hydrogen-bond donors (Lipinski definition) is 1. The van der Waals surface area contributed by atoms with Gasteiger partial charge in [-0.15, -0.1) is 0 Å². The zero-order valence-corrected chi connectivity index (χ0v) is 21.1. The van der Waals surface area contributed by atoms with Crippen LogP contribution >= 0.6 is 0 Å². The molecule has 0 aliphatic carbocycles. The summed E-state index contributed by atoms with van der Waals surface area (Å²) in [6, 6.07) is 24.8. The van der Waals surface area contributed by atoms with E-state index in [4.69, 9.17) is 4.74 Å². The summed E-state index contributed by atoms with van der Waals surface area (Å²) in [4.78, 5) is 25.1. The number of rotatable bonds is 9. The summed E-state index contributed by atoms with van der Waals surface area (Å²) in [5.74, 6) is 0.738. The second-order valence-corrected chi connectivity index (χ2v) is 8.88.